The summed E-state index contributed by atoms with van der Waals surface area (Å²) in [7, 11) is 0. The Morgan fingerprint density at radius 2 is 1.81 bits per heavy atom. The van der Waals surface area contributed by atoms with Gasteiger partial charge in [-0.25, -0.2) is 4.79 Å². The van der Waals surface area contributed by atoms with Gasteiger partial charge in [-0.15, -0.1) is 23.1 Å². The first-order valence-corrected chi connectivity index (χ1v) is 16.3. The highest BCUT2D eigenvalue weighted by Crippen LogP contribution is 2.40. The molecule has 2 heterocycles. The lowest BCUT2D eigenvalue weighted by Crippen LogP contribution is -2.27. The van der Waals surface area contributed by atoms with Crippen LogP contribution in [0, 0.1) is 0 Å². The van der Waals surface area contributed by atoms with E-state index in [1.165, 1.54) is 23.1 Å². The fraction of sp³-hybridized carbons (Fsp3) is 0.265. The van der Waals surface area contributed by atoms with Gasteiger partial charge in [0.25, 0.3) is 5.91 Å². The number of aryl methyl sites for hydroxylation is 1. The molecule has 1 aliphatic rings. The van der Waals surface area contributed by atoms with Gasteiger partial charge in [-0.1, -0.05) is 48.5 Å². The SMILES string of the molecule is CCOC(=O)c1c(NC(=O)[C@@H](C)Sc2cn(CCNC(=O)c3ccc4ccccc4c3)c3ccccc23)sc2c1CCC2. The fourth-order valence-electron chi connectivity index (χ4n) is 5.58. The lowest BCUT2D eigenvalue weighted by atomic mass is 10.1. The molecule has 0 saturated carbocycles. The zero-order valence-corrected chi connectivity index (χ0v) is 25.8. The van der Waals surface area contributed by atoms with Crippen LogP contribution in [0.2, 0.25) is 0 Å². The van der Waals surface area contributed by atoms with Crippen molar-refractivity contribution in [2.75, 3.05) is 18.5 Å². The van der Waals surface area contributed by atoms with E-state index in [0.717, 1.165) is 56.3 Å². The number of benzene rings is 3. The Kier molecular flexibility index (Phi) is 8.54. The van der Waals surface area contributed by atoms with Gasteiger partial charge in [0.05, 0.1) is 17.4 Å². The predicted molar refractivity (Wildman–Crippen MR) is 174 cm³/mol. The summed E-state index contributed by atoms with van der Waals surface area (Å²) in [5.41, 5.74) is 3.22. The smallest absolute Gasteiger partial charge is 0.341 e. The second-order valence-electron chi connectivity index (χ2n) is 10.6. The maximum Gasteiger partial charge on any atom is 0.341 e. The van der Waals surface area contributed by atoms with Crippen LogP contribution >= 0.6 is 23.1 Å². The van der Waals surface area contributed by atoms with Crippen LogP contribution in [-0.2, 0) is 28.9 Å². The number of fused-ring (bicyclic) bond motifs is 3. The van der Waals surface area contributed by atoms with Gasteiger partial charge < -0.3 is 19.9 Å². The van der Waals surface area contributed by atoms with E-state index in [1.54, 1.807) is 6.92 Å². The van der Waals surface area contributed by atoms with Crippen molar-refractivity contribution in [2.45, 2.75) is 49.8 Å². The van der Waals surface area contributed by atoms with Gasteiger partial charge in [0.15, 0.2) is 0 Å². The first-order valence-electron chi connectivity index (χ1n) is 14.6. The van der Waals surface area contributed by atoms with Crippen LogP contribution in [0.5, 0.6) is 0 Å². The molecule has 1 aliphatic carbocycles. The summed E-state index contributed by atoms with van der Waals surface area (Å²) < 4.78 is 7.43. The fourth-order valence-corrected chi connectivity index (χ4v) is 7.90. The Hall–Kier alpha value is -4.08. The number of ether oxygens (including phenoxy) is 1. The van der Waals surface area contributed by atoms with Crippen molar-refractivity contribution in [1.29, 1.82) is 0 Å². The topological polar surface area (TPSA) is 89.4 Å². The summed E-state index contributed by atoms with van der Waals surface area (Å²) in [6.07, 6.45) is 4.83. The molecule has 5 aromatic rings. The van der Waals surface area contributed by atoms with Crippen LogP contribution in [0.1, 0.15) is 51.4 Å². The normalized spacial score (nSPS) is 13.2. The second kappa shape index (κ2) is 12.7. The maximum atomic E-state index is 13.4. The minimum absolute atomic E-state index is 0.108. The van der Waals surface area contributed by atoms with E-state index in [4.69, 9.17) is 4.74 Å². The standard InChI is InChI=1S/C34H33N3O4S2/c1-3-41-34(40)30-26-12-8-14-28(26)43-33(30)36-31(38)21(2)42-29-20-37(27-13-7-6-11-25(27)29)18-17-35-32(39)24-16-15-22-9-4-5-10-23(22)19-24/h4-7,9-11,13,15-16,19-21H,3,8,12,14,17-18H2,1-2H3,(H,35,39)(H,36,38)/t21-/m1/s1. The van der Waals surface area contributed by atoms with E-state index in [1.807, 2.05) is 73.8 Å². The van der Waals surface area contributed by atoms with Gasteiger partial charge >= 0.3 is 5.97 Å². The molecular weight excluding hydrogens is 579 g/mol. The number of anilines is 1. The van der Waals surface area contributed by atoms with Gasteiger partial charge in [-0.2, -0.15) is 0 Å². The van der Waals surface area contributed by atoms with Crippen LogP contribution < -0.4 is 10.6 Å². The zero-order valence-electron chi connectivity index (χ0n) is 24.1. The first-order chi connectivity index (χ1) is 20.9. The number of nitrogens with one attached hydrogen (secondary N) is 2. The van der Waals surface area contributed by atoms with Crippen molar-refractivity contribution in [2.24, 2.45) is 0 Å². The van der Waals surface area contributed by atoms with Crippen molar-refractivity contribution < 1.29 is 19.1 Å². The van der Waals surface area contributed by atoms with E-state index in [-0.39, 0.29) is 17.8 Å². The summed E-state index contributed by atoms with van der Waals surface area (Å²) in [6.45, 7) is 5.01. The Bertz CT molecular complexity index is 1840. The molecule has 0 radical (unpaired) electrons. The Balaban J connectivity index is 1.13. The highest BCUT2D eigenvalue weighted by atomic mass is 32.2. The molecule has 0 bridgehead atoms. The third-order valence-corrected chi connectivity index (χ3v) is 10.1. The summed E-state index contributed by atoms with van der Waals surface area (Å²) in [6, 6.07) is 21.8. The number of thiophene rings is 1. The third-order valence-electron chi connectivity index (χ3n) is 7.71. The molecule has 0 saturated heterocycles. The summed E-state index contributed by atoms with van der Waals surface area (Å²) in [5.74, 6) is -0.632. The molecule has 220 valence electrons. The average molecular weight is 612 g/mol. The molecular formula is C34H33N3O4S2. The molecule has 0 aliphatic heterocycles. The molecule has 0 spiro atoms. The molecule has 0 fully saturated rings. The summed E-state index contributed by atoms with van der Waals surface area (Å²) >= 11 is 2.97. The van der Waals surface area contributed by atoms with Crippen molar-refractivity contribution in [3.63, 3.8) is 0 Å². The number of rotatable bonds is 10. The number of esters is 1. The Morgan fingerprint density at radius 3 is 2.65 bits per heavy atom. The third kappa shape index (κ3) is 6.05. The average Bonchev–Trinajstić information content (AvgIpc) is 3.70. The lowest BCUT2D eigenvalue weighted by Gasteiger charge is -2.12. The van der Waals surface area contributed by atoms with E-state index in [9.17, 15) is 14.4 Å². The number of nitrogens with zero attached hydrogens (tertiary/aromatic N) is 1. The van der Waals surface area contributed by atoms with Crippen molar-refractivity contribution in [1.82, 2.24) is 9.88 Å². The molecule has 3 aromatic carbocycles. The number of amides is 2. The molecule has 6 rings (SSSR count). The minimum Gasteiger partial charge on any atom is -0.462 e. The van der Waals surface area contributed by atoms with Crippen molar-refractivity contribution in [3.05, 3.63) is 94.5 Å². The number of carbonyl (C=O) groups is 3. The predicted octanol–water partition coefficient (Wildman–Crippen LogP) is 7.07. The number of thioether (sulfide) groups is 1. The van der Waals surface area contributed by atoms with Crippen LogP contribution in [0.15, 0.2) is 77.8 Å². The van der Waals surface area contributed by atoms with Crippen LogP contribution in [0.3, 0.4) is 0 Å². The number of para-hydroxylation sites is 1. The number of hydrogen-bond donors (Lipinski definition) is 2. The molecule has 2 aromatic heterocycles. The summed E-state index contributed by atoms with van der Waals surface area (Å²) in [4.78, 5) is 41.1. The molecule has 2 amide bonds. The van der Waals surface area contributed by atoms with Crippen LogP contribution in [0.25, 0.3) is 21.7 Å². The summed E-state index contributed by atoms with van der Waals surface area (Å²) in [5, 5.41) is 9.45. The van der Waals surface area contributed by atoms with E-state index >= 15 is 0 Å². The monoisotopic (exact) mass is 611 g/mol. The Morgan fingerprint density at radius 1 is 1.02 bits per heavy atom. The lowest BCUT2D eigenvalue weighted by molar-refractivity contribution is -0.115. The van der Waals surface area contributed by atoms with Gasteiger partial charge in [0, 0.05) is 45.5 Å². The van der Waals surface area contributed by atoms with E-state index < -0.39 is 5.25 Å². The van der Waals surface area contributed by atoms with Crippen LogP contribution in [0.4, 0.5) is 5.00 Å². The Labute approximate surface area is 258 Å². The highest BCUT2D eigenvalue weighted by Gasteiger charge is 2.29. The maximum absolute atomic E-state index is 13.4. The molecule has 0 unspecified atom stereocenters. The number of carbonyl (C=O) groups excluding carboxylic acids is 3. The van der Waals surface area contributed by atoms with Gasteiger partial charge in [0.2, 0.25) is 5.91 Å². The van der Waals surface area contributed by atoms with Gasteiger partial charge in [-0.3, -0.25) is 9.59 Å². The second-order valence-corrected chi connectivity index (χ2v) is 13.0. The number of hydrogen-bond acceptors (Lipinski definition) is 6. The minimum atomic E-state index is -0.404. The molecule has 43 heavy (non-hydrogen) atoms. The van der Waals surface area contributed by atoms with Crippen LogP contribution in [-0.4, -0.2) is 40.8 Å². The van der Waals surface area contributed by atoms with Crippen molar-refractivity contribution >= 4 is 67.6 Å². The quantitative estimate of drug-likeness (QED) is 0.130. The zero-order chi connectivity index (χ0) is 29.9. The molecule has 9 heteroatoms. The molecule has 2 N–H and O–H groups in total. The first kappa shape index (κ1) is 29.0. The van der Waals surface area contributed by atoms with Crippen molar-refractivity contribution in [3.8, 4) is 0 Å². The molecule has 7 nitrogen and oxygen atoms in total. The number of aromatic nitrogens is 1. The highest BCUT2D eigenvalue weighted by molar-refractivity contribution is 8.00. The molecule has 1 atom stereocenters. The van der Waals surface area contributed by atoms with Gasteiger partial charge in [-0.05, 0) is 67.6 Å². The van der Waals surface area contributed by atoms with Gasteiger partial charge in [0.1, 0.15) is 5.00 Å². The van der Waals surface area contributed by atoms with E-state index in [0.29, 0.717) is 35.8 Å². The largest absolute Gasteiger partial charge is 0.462 e. The van der Waals surface area contributed by atoms with E-state index in [2.05, 4.69) is 21.3 Å².